The summed E-state index contributed by atoms with van der Waals surface area (Å²) in [6, 6.07) is 7.64. The Labute approximate surface area is 191 Å². The SMILES string of the molecule is CCNC(=NCC1(CS(C)(=O)=O)CC1)NCCc1cccc(C(=O)N(C)C)c1.I. The van der Waals surface area contributed by atoms with Crippen LogP contribution in [0.25, 0.3) is 0 Å². The molecule has 0 spiro atoms. The van der Waals surface area contributed by atoms with E-state index in [1.807, 2.05) is 31.2 Å². The molecule has 0 saturated heterocycles. The summed E-state index contributed by atoms with van der Waals surface area (Å²) in [7, 11) is 0.494. The fourth-order valence-corrected chi connectivity index (χ4v) is 4.61. The van der Waals surface area contributed by atoms with Crippen LogP contribution in [-0.2, 0) is 16.3 Å². The van der Waals surface area contributed by atoms with Gasteiger partial charge in [-0.15, -0.1) is 24.0 Å². The number of hydrogen-bond acceptors (Lipinski definition) is 4. The Morgan fingerprint density at radius 2 is 1.93 bits per heavy atom. The van der Waals surface area contributed by atoms with Gasteiger partial charge in [0, 0.05) is 51.0 Å². The molecule has 164 valence electrons. The van der Waals surface area contributed by atoms with Crippen molar-refractivity contribution in [2.45, 2.75) is 26.2 Å². The van der Waals surface area contributed by atoms with E-state index in [0.717, 1.165) is 31.4 Å². The topological polar surface area (TPSA) is 90.9 Å². The first-order valence-corrected chi connectivity index (χ1v) is 11.7. The van der Waals surface area contributed by atoms with E-state index in [-0.39, 0.29) is 41.1 Å². The molecule has 0 heterocycles. The average Bonchev–Trinajstić information content (AvgIpc) is 3.37. The van der Waals surface area contributed by atoms with Gasteiger partial charge in [-0.25, -0.2) is 8.42 Å². The van der Waals surface area contributed by atoms with Gasteiger partial charge < -0.3 is 15.5 Å². The van der Waals surface area contributed by atoms with Crippen molar-refractivity contribution < 1.29 is 13.2 Å². The molecule has 1 aromatic rings. The van der Waals surface area contributed by atoms with Crippen molar-refractivity contribution in [2.75, 3.05) is 45.7 Å². The van der Waals surface area contributed by atoms with Crippen LogP contribution in [0.3, 0.4) is 0 Å². The van der Waals surface area contributed by atoms with E-state index in [1.165, 1.54) is 6.26 Å². The first kappa shape index (κ1) is 25.7. The Hall–Kier alpha value is -1.36. The van der Waals surface area contributed by atoms with Crippen molar-refractivity contribution in [1.82, 2.24) is 15.5 Å². The molecule has 0 radical (unpaired) electrons. The first-order chi connectivity index (χ1) is 13.1. The number of nitrogens with one attached hydrogen (secondary N) is 2. The van der Waals surface area contributed by atoms with Gasteiger partial charge in [0.15, 0.2) is 5.96 Å². The van der Waals surface area contributed by atoms with Crippen LogP contribution >= 0.6 is 24.0 Å². The summed E-state index contributed by atoms with van der Waals surface area (Å²) in [6.07, 6.45) is 3.87. The van der Waals surface area contributed by atoms with Crippen molar-refractivity contribution in [3.63, 3.8) is 0 Å². The lowest BCUT2D eigenvalue weighted by Crippen LogP contribution is -2.39. The third-order valence-electron chi connectivity index (χ3n) is 4.73. The van der Waals surface area contributed by atoms with Crippen molar-refractivity contribution in [3.8, 4) is 0 Å². The lowest BCUT2D eigenvalue weighted by Gasteiger charge is -2.15. The van der Waals surface area contributed by atoms with Crippen molar-refractivity contribution >= 4 is 45.7 Å². The lowest BCUT2D eigenvalue weighted by atomic mass is 10.1. The molecule has 1 fully saturated rings. The van der Waals surface area contributed by atoms with Crippen LogP contribution in [0.1, 0.15) is 35.7 Å². The number of rotatable bonds is 9. The van der Waals surface area contributed by atoms with Gasteiger partial charge in [-0.2, -0.15) is 0 Å². The maximum Gasteiger partial charge on any atom is 0.253 e. The number of halogens is 1. The van der Waals surface area contributed by atoms with Crippen molar-refractivity contribution in [2.24, 2.45) is 10.4 Å². The average molecular weight is 536 g/mol. The van der Waals surface area contributed by atoms with Gasteiger partial charge in [-0.3, -0.25) is 9.79 Å². The highest BCUT2D eigenvalue weighted by atomic mass is 127. The zero-order valence-electron chi connectivity index (χ0n) is 17.7. The van der Waals surface area contributed by atoms with Crippen molar-refractivity contribution in [3.05, 3.63) is 35.4 Å². The lowest BCUT2D eigenvalue weighted by molar-refractivity contribution is 0.0827. The molecule has 0 unspecified atom stereocenters. The van der Waals surface area contributed by atoms with Gasteiger partial charge in [-0.1, -0.05) is 12.1 Å². The number of sulfone groups is 1. The zero-order chi connectivity index (χ0) is 20.8. The molecule has 0 aliphatic heterocycles. The molecular formula is C20H33IN4O3S. The summed E-state index contributed by atoms with van der Waals surface area (Å²) in [5.41, 5.74) is 1.57. The van der Waals surface area contributed by atoms with Crippen LogP contribution in [0.5, 0.6) is 0 Å². The van der Waals surface area contributed by atoms with E-state index in [2.05, 4.69) is 15.6 Å². The number of aliphatic imine (C=N–C) groups is 1. The number of benzene rings is 1. The Morgan fingerprint density at radius 1 is 1.24 bits per heavy atom. The second-order valence-corrected chi connectivity index (χ2v) is 9.98. The van der Waals surface area contributed by atoms with Crippen LogP contribution in [0, 0.1) is 5.41 Å². The number of carbonyl (C=O) groups excluding carboxylic acids is 1. The summed E-state index contributed by atoms with van der Waals surface area (Å²) in [4.78, 5) is 18.3. The molecule has 2 N–H and O–H groups in total. The summed E-state index contributed by atoms with van der Waals surface area (Å²) in [5, 5.41) is 6.50. The molecule has 1 aromatic carbocycles. The van der Waals surface area contributed by atoms with Gasteiger partial charge in [0.1, 0.15) is 9.84 Å². The molecule has 0 atom stereocenters. The normalized spacial score (nSPS) is 15.2. The minimum atomic E-state index is -2.99. The van der Waals surface area contributed by atoms with Crippen LogP contribution in [-0.4, -0.2) is 70.9 Å². The first-order valence-electron chi connectivity index (χ1n) is 9.65. The highest BCUT2D eigenvalue weighted by Gasteiger charge is 2.45. The van der Waals surface area contributed by atoms with E-state index >= 15 is 0 Å². The van der Waals surface area contributed by atoms with Gasteiger partial charge in [0.25, 0.3) is 5.91 Å². The molecule has 1 saturated carbocycles. The third kappa shape index (κ3) is 8.90. The molecule has 1 amide bonds. The van der Waals surface area contributed by atoms with E-state index < -0.39 is 9.84 Å². The maximum atomic E-state index is 12.1. The Bertz CT molecular complexity index is 821. The fraction of sp³-hybridized carbons (Fsp3) is 0.600. The summed E-state index contributed by atoms with van der Waals surface area (Å²) >= 11 is 0. The maximum absolute atomic E-state index is 12.1. The fourth-order valence-electron chi connectivity index (χ4n) is 3.11. The highest BCUT2D eigenvalue weighted by Crippen LogP contribution is 2.46. The second kappa shape index (κ2) is 11.1. The van der Waals surface area contributed by atoms with E-state index in [4.69, 9.17) is 0 Å². The third-order valence-corrected chi connectivity index (χ3v) is 5.87. The molecule has 0 bridgehead atoms. The highest BCUT2D eigenvalue weighted by molar-refractivity contribution is 14.0. The van der Waals surface area contributed by atoms with Crippen LogP contribution in [0.4, 0.5) is 0 Å². The van der Waals surface area contributed by atoms with Gasteiger partial charge in [0.05, 0.1) is 5.75 Å². The largest absolute Gasteiger partial charge is 0.357 e. The number of nitrogens with zero attached hydrogens (tertiary/aromatic N) is 2. The number of amides is 1. The molecule has 29 heavy (non-hydrogen) atoms. The standard InChI is InChI=1S/C20H32N4O3S.HI/c1-5-21-19(23-14-20(10-11-20)15-28(4,26)27)22-12-9-16-7-6-8-17(13-16)18(25)24(2)3;/h6-8,13H,5,9-12,14-15H2,1-4H3,(H2,21,22,23);1H. The van der Waals surface area contributed by atoms with E-state index in [0.29, 0.717) is 24.6 Å². The molecule has 2 rings (SSSR count). The predicted octanol–water partition coefficient (Wildman–Crippen LogP) is 1.93. The van der Waals surface area contributed by atoms with Crippen LogP contribution in [0.2, 0.25) is 0 Å². The minimum Gasteiger partial charge on any atom is -0.357 e. The number of hydrogen-bond donors (Lipinski definition) is 2. The van der Waals surface area contributed by atoms with E-state index in [9.17, 15) is 13.2 Å². The summed E-state index contributed by atoms with van der Waals surface area (Å²) < 4.78 is 23.2. The molecule has 7 nitrogen and oxygen atoms in total. The van der Waals surface area contributed by atoms with Crippen LogP contribution in [0.15, 0.2) is 29.3 Å². The molecular weight excluding hydrogens is 503 g/mol. The number of carbonyl (C=O) groups is 1. The Balaban J connectivity index is 0.00000420. The smallest absolute Gasteiger partial charge is 0.253 e. The van der Waals surface area contributed by atoms with Crippen LogP contribution < -0.4 is 10.6 Å². The second-order valence-electron chi connectivity index (χ2n) is 7.84. The molecule has 9 heteroatoms. The minimum absolute atomic E-state index is 0. The van der Waals surface area contributed by atoms with Gasteiger partial charge >= 0.3 is 0 Å². The quantitative estimate of drug-likeness (QED) is 0.286. The Morgan fingerprint density at radius 3 is 2.48 bits per heavy atom. The molecule has 1 aliphatic carbocycles. The predicted molar refractivity (Wildman–Crippen MR) is 129 cm³/mol. The van der Waals surface area contributed by atoms with Gasteiger partial charge in [-0.05, 0) is 43.9 Å². The monoisotopic (exact) mass is 536 g/mol. The summed E-state index contributed by atoms with van der Waals surface area (Å²) in [5.74, 6) is 0.892. The Kier molecular flexibility index (Phi) is 9.87. The van der Waals surface area contributed by atoms with E-state index in [1.54, 1.807) is 19.0 Å². The zero-order valence-corrected chi connectivity index (χ0v) is 20.8. The molecule has 1 aliphatic rings. The number of guanidine groups is 1. The summed E-state index contributed by atoms with van der Waals surface area (Å²) in [6.45, 7) is 3.92. The van der Waals surface area contributed by atoms with Gasteiger partial charge in [0.2, 0.25) is 0 Å². The van der Waals surface area contributed by atoms with Crippen molar-refractivity contribution in [1.29, 1.82) is 0 Å². The molecule has 0 aromatic heterocycles.